The molecule has 5 nitrogen and oxygen atoms in total. The van der Waals surface area contributed by atoms with Crippen LogP contribution in [0.15, 0.2) is 54.6 Å². The van der Waals surface area contributed by atoms with Crippen LogP contribution in [0.3, 0.4) is 0 Å². The number of carbonyl (C=O) groups is 1. The van der Waals surface area contributed by atoms with Crippen molar-refractivity contribution in [1.82, 2.24) is 15.0 Å². The van der Waals surface area contributed by atoms with Gasteiger partial charge < -0.3 is 5.32 Å². The summed E-state index contributed by atoms with van der Waals surface area (Å²) in [5, 5.41) is 11.4. The van der Waals surface area contributed by atoms with Crippen LogP contribution < -0.4 is 5.32 Å². The number of nitrogens with zero attached hydrogens (tertiary/aromatic N) is 3. The second kappa shape index (κ2) is 6.27. The zero-order chi connectivity index (χ0) is 15.5. The number of amides is 1. The van der Waals surface area contributed by atoms with E-state index in [1.165, 1.54) is 4.80 Å². The van der Waals surface area contributed by atoms with E-state index in [-0.39, 0.29) is 5.91 Å². The van der Waals surface area contributed by atoms with Gasteiger partial charge in [0.1, 0.15) is 0 Å². The predicted octanol–water partition coefficient (Wildman–Crippen LogP) is 3.43. The summed E-state index contributed by atoms with van der Waals surface area (Å²) in [6.45, 7) is 1.77. The molecule has 0 bridgehead atoms. The molecule has 0 spiro atoms. The number of carbonyl (C=O) groups excluding carboxylic acids is 1. The number of hydrogen-bond donors (Lipinski definition) is 1. The number of aryl methyl sites for hydroxylation is 1. The first kappa shape index (κ1) is 14.7. The maximum atomic E-state index is 12.3. The molecule has 0 saturated heterocycles. The van der Waals surface area contributed by atoms with Crippen LogP contribution in [0.4, 0.5) is 5.69 Å². The van der Waals surface area contributed by atoms with Crippen molar-refractivity contribution in [3.63, 3.8) is 0 Å². The Hall–Kier alpha value is -2.22. The van der Waals surface area contributed by atoms with Crippen molar-refractivity contribution in [2.45, 2.75) is 6.92 Å². The highest BCUT2D eigenvalue weighted by Gasteiger charge is 2.16. The number of halogens is 1. The van der Waals surface area contributed by atoms with E-state index in [2.05, 4.69) is 38.1 Å². The van der Waals surface area contributed by atoms with Gasteiger partial charge in [-0.2, -0.15) is 9.90 Å². The SMILES string of the molecule is Cc1nn(-c2ccccc2)nc1C(=O)Nc1ccc(I)cc1. The maximum Gasteiger partial charge on any atom is 0.278 e. The minimum Gasteiger partial charge on any atom is -0.321 e. The summed E-state index contributed by atoms with van der Waals surface area (Å²) in [7, 11) is 0. The second-order valence-corrected chi connectivity index (χ2v) is 5.97. The molecule has 0 radical (unpaired) electrons. The van der Waals surface area contributed by atoms with E-state index in [9.17, 15) is 4.79 Å². The van der Waals surface area contributed by atoms with Gasteiger partial charge in [-0.15, -0.1) is 5.10 Å². The van der Waals surface area contributed by atoms with Crippen LogP contribution in [-0.2, 0) is 0 Å². The van der Waals surface area contributed by atoms with Gasteiger partial charge in [0.2, 0.25) is 0 Å². The van der Waals surface area contributed by atoms with Gasteiger partial charge in [-0.3, -0.25) is 4.79 Å². The minimum absolute atomic E-state index is 0.263. The Morgan fingerprint density at radius 2 is 1.73 bits per heavy atom. The molecular weight excluding hydrogens is 391 g/mol. The topological polar surface area (TPSA) is 59.8 Å². The molecule has 0 unspecified atom stereocenters. The second-order valence-electron chi connectivity index (χ2n) is 4.72. The van der Waals surface area contributed by atoms with Crippen molar-refractivity contribution in [3.8, 4) is 5.69 Å². The summed E-state index contributed by atoms with van der Waals surface area (Å²) < 4.78 is 1.11. The van der Waals surface area contributed by atoms with E-state index in [4.69, 9.17) is 0 Å². The van der Waals surface area contributed by atoms with Crippen LogP contribution in [-0.4, -0.2) is 20.9 Å². The van der Waals surface area contributed by atoms with Crippen LogP contribution in [0.1, 0.15) is 16.2 Å². The van der Waals surface area contributed by atoms with Gasteiger partial charge in [-0.25, -0.2) is 0 Å². The third-order valence-electron chi connectivity index (χ3n) is 3.09. The fraction of sp³-hybridized carbons (Fsp3) is 0.0625. The van der Waals surface area contributed by atoms with Crippen molar-refractivity contribution in [3.05, 3.63) is 69.6 Å². The van der Waals surface area contributed by atoms with Crippen molar-refractivity contribution in [2.75, 3.05) is 5.32 Å². The van der Waals surface area contributed by atoms with Crippen molar-refractivity contribution >= 4 is 34.2 Å². The quantitative estimate of drug-likeness (QED) is 0.681. The average Bonchev–Trinajstić information content (AvgIpc) is 2.92. The number of benzene rings is 2. The molecule has 0 aliphatic carbocycles. The van der Waals surface area contributed by atoms with Gasteiger partial charge in [0, 0.05) is 9.26 Å². The van der Waals surface area contributed by atoms with Crippen LogP contribution in [0, 0.1) is 10.5 Å². The summed E-state index contributed by atoms with van der Waals surface area (Å²) in [5.41, 5.74) is 2.47. The van der Waals surface area contributed by atoms with Gasteiger partial charge in [-0.05, 0) is 65.9 Å². The Labute approximate surface area is 141 Å². The Bertz CT molecular complexity index is 797. The average molecular weight is 404 g/mol. The normalized spacial score (nSPS) is 10.5. The monoisotopic (exact) mass is 404 g/mol. The molecule has 6 heteroatoms. The molecule has 1 aromatic heterocycles. The molecule has 1 N–H and O–H groups in total. The smallest absolute Gasteiger partial charge is 0.278 e. The first-order valence-electron chi connectivity index (χ1n) is 6.70. The fourth-order valence-corrected chi connectivity index (χ4v) is 2.35. The minimum atomic E-state index is -0.263. The molecule has 22 heavy (non-hydrogen) atoms. The molecule has 3 rings (SSSR count). The maximum absolute atomic E-state index is 12.3. The lowest BCUT2D eigenvalue weighted by Gasteiger charge is -2.03. The molecule has 0 saturated carbocycles. The molecule has 1 amide bonds. The fourth-order valence-electron chi connectivity index (χ4n) is 1.99. The van der Waals surface area contributed by atoms with Crippen LogP contribution in [0.5, 0.6) is 0 Å². The number of aromatic nitrogens is 3. The van der Waals surface area contributed by atoms with Crippen LogP contribution in [0.2, 0.25) is 0 Å². The van der Waals surface area contributed by atoms with E-state index >= 15 is 0 Å². The summed E-state index contributed by atoms with van der Waals surface area (Å²) in [5.74, 6) is -0.263. The van der Waals surface area contributed by atoms with Gasteiger partial charge >= 0.3 is 0 Å². The number of rotatable bonds is 3. The molecule has 0 aliphatic heterocycles. The first-order valence-corrected chi connectivity index (χ1v) is 7.77. The largest absolute Gasteiger partial charge is 0.321 e. The third kappa shape index (κ3) is 3.16. The third-order valence-corrected chi connectivity index (χ3v) is 3.81. The standard InChI is InChI=1S/C16H13IN4O/c1-11-15(16(22)18-13-9-7-12(17)8-10-13)20-21(19-11)14-5-3-2-4-6-14/h2-10H,1H3,(H,18,22). The number of anilines is 1. The first-order chi connectivity index (χ1) is 10.6. The van der Waals surface area contributed by atoms with Gasteiger partial charge in [0.25, 0.3) is 5.91 Å². The lowest BCUT2D eigenvalue weighted by Crippen LogP contribution is -2.14. The van der Waals surface area contributed by atoms with E-state index in [0.29, 0.717) is 11.4 Å². The summed E-state index contributed by atoms with van der Waals surface area (Å²) in [4.78, 5) is 13.8. The van der Waals surface area contributed by atoms with Crippen molar-refractivity contribution < 1.29 is 4.79 Å². The molecule has 0 fully saturated rings. The van der Waals surface area contributed by atoms with E-state index in [1.54, 1.807) is 6.92 Å². The Kier molecular flexibility index (Phi) is 4.19. The van der Waals surface area contributed by atoms with Crippen LogP contribution in [0.25, 0.3) is 5.69 Å². The summed E-state index contributed by atoms with van der Waals surface area (Å²) >= 11 is 2.22. The molecule has 0 aliphatic rings. The van der Waals surface area contributed by atoms with Gasteiger partial charge in [0.05, 0.1) is 11.4 Å². The lowest BCUT2D eigenvalue weighted by molar-refractivity contribution is 0.102. The van der Waals surface area contributed by atoms with Crippen LogP contribution >= 0.6 is 22.6 Å². The summed E-state index contributed by atoms with van der Waals surface area (Å²) in [6.07, 6.45) is 0. The molecule has 3 aromatic rings. The van der Waals surface area contributed by atoms with E-state index < -0.39 is 0 Å². The van der Waals surface area contributed by atoms with Crippen molar-refractivity contribution in [2.24, 2.45) is 0 Å². The molecule has 2 aromatic carbocycles. The lowest BCUT2D eigenvalue weighted by atomic mass is 10.3. The highest BCUT2D eigenvalue weighted by atomic mass is 127. The van der Waals surface area contributed by atoms with E-state index in [0.717, 1.165) is 14.9 Å². The Morgan fingerprint density at radius 1 is 1.05 bits per heavy atom. The molecular formula is C16H13IN4O. The number of hydrogen-bond acceptors (Lipinski definition) is 3. The highest BCUT2D eigenvalue weighted by molar-refractivity contribution is 14.1. The highest BCUT2D eigenvalue weighted by Crippen LogP contribution is 2.14. The predicted molar refractivity (Wildman–Crippen MR) is 93.2 cm³/mol. The zero-order valence-corrected chi connectivity index (χ0v) is 14.0. The molecule has 110 valence electrons. The number of para-hydroxylation sites is 1. The molecule has 1 heterocycles. The van der Waals surface area contributed by atoms with E-state index in [1.807, 2.05) is 54.6 Å². The van der Waals surface area contributed by atoms with Gasteiger partial charge in [0.15, 0.2) is 5.69 Å². The Morgan fingerprint density at radius 3 is 2.41 bits per heavy atom. The number of nitrogens with one attached hydrogen (secondary N) is 1. The van der Waals surface area contributed by atoms with Gasteiger partial charge in [-0.1, -0.05) is 18.2 Å². The Balaban J connectivity index is 1.84. The van der Waals surface area contributed by atoms with Crippen molar-refractivity contribution in [1.29, 1.82) is 0 Å². The molecule has 0 atom stereocenters. The summed E-state index contributed by atoms with van der Waals surface area (Å²) in [6, 6.07) is 17.1. The zero-order valence-electron chi connectivity index (χ0n) is 11.8.